The average Bonchev–Trinajstić information content (AvgIpc) is 2.55. The molecule has 15 heteroatoms. The number of rotatable bonds is 6. The van der Waals surface area contributed by atoms with Crippen LogP contribution in [0.4, 0.5) is 31.1 Å². The molecule has 186 valence electrons. The fourth-order valence-corrected chi connectivity index (χ4v) is 8.74. The third-order valence-electron chi connectivity index (χ3n) is 6.38. The fraction of sp³-hybridized carbons (Fsp3) is 0.882. The standard InChI is InChI=1S/C17H22F6NO6S2/c1-9(2-13(31(26,27)16(18,19)20)32(28,29)17(21,22)23)30-14(25)24-15-6-10-3-11(7-15)5-12(4-10)8-15/h9-12H,2-8H2,1H3,(H,24,25)/q-1. The van der Waals surface area contributed by atoms with E-state index in [-0.39, 0.29) is 0 Å². The average molecular weight is 514 g/mol. The van der Waals surface area contributed by atoms with E-state index in [1.807, 2.05) is 0 Å². The van der Waals surface area contributed by atoms with Gasteiger partial charge in [0.2, 0.25) is 0 Å². The van der Waals surface area contributed by atoms with Gasteiger partial charge in [0.05, 0.1) is 6.10 Å². The van der Waals surface area contributed by atoms with Gasteiger partial charge in [0.1, 0.15) is 19.7 Å². The highest BCUT2D eigenvalue weighted by Crippen LogP contribution is 2.55. The number of alkyl halides is 6. The second-order valence-corrected chi connectivity index (χ2v) is 13.2. The van der Waals surface area contributed by atoms with E-state index in [1.165, 1.54) is 0 Å². The summed E-state index contributed by atoms with van der Waals surface area (Å²) in [6.45, 7) is 0.817. The Morgan fingerprint density at radius 1 is 0.938 bits per heavy atom. The van der Waals surface area contributed by atoms with Crippen molar-refractivity contribution in [2.75, 3.05) is 0 Å². The first-order valence-corrected chi connectivity index (χ1v) is 12.8. The van der Waals surface area contributed by atoms with Crippen LogP contribution in [0.25, 0.3) is 0 Å². The molecule has 1 N–H and O–H groups in total. The van der Waals surface area contributed by atoms with Crippen LogP contribution in [0.3, 0.4) is 0 Å². The van der Waals surface area contributed by atoms with Crippen LogP contribution < -0.4 is 5.32 Å². The summed E-state index contributed by atoms with van der Waals surface area (Å²) >= 11 is 0. The molecule has 4 rings (SSSR count). The maximum absolute atomic E-state index is 12.8. The monoisotopic (exact) mass is 514 g/mol. The Hall–Kier alpha value is -1.25. The predicted octanol–water partition coefficient (Wildman–Crippen LogP) is 3.82. The van der Waals surface area contributed by atoms with Crippen molar-refractivity contribution in [1.29, 1.82) is 0 Å². The maximum atomic E-state index is 12.8. The highest BCUT2D eigenvalue weighted by atomic mass is 32.3. The lowest BCUT2D eigenvalue weighted by atomic mass is 9.53. The zero-order chi connectivity index (χ0) is 24.3. The first-order chi connectivity index (χ1) is 14.4. The smallest absolute Gasteiger partial charge is 0.449 e. The van der Waals surface area contributed by atoms with Crippen LogP contribution in [-0.4, -0.2) is 45.6 Å². The minimum atomic E-state index is -6.86. The van der Waals surface area contributed by atoms with Crippen LogP contribution in [0.15, 0.2) is 0 Å². The van der Waals surface area contributed by atoms with Gasteiger partial charge >= 0.3 is 17.1 Å². The second-order valence-electron chi connectivity index (χ2n) is 9.01. The molecule has 1 atom stereocenters. The largest absolute Gasteiger partial charge is 0.469 e. The van der Waals surface area contributed by atoms with Crippen molar-refractivity contribution >= 4 is 25.8 Å². The molecular formula is C17H22F6NO6S2-. The van der Waals surface area contributed by atoms with Gasteiger partial charge in [-0.05, 0) is 63.2 Å². The number of hydrogen-bond acceptors (Lipinski definition) is 6. The SMILES string of the molecule is CC(C[C-](S(=O)(=O)C(F)(F)F)S(=O)(=O)C(F)(F)F)OC(=O)NC12CC3CC(CC(C3)C1)C2. The number of ether oxygens (including phenoxy) is 1. The second kappa shape index (κ2) is 7.91. The molecule has 7 nitrogen and oxygen atoms in total. The summed E-state index contributed by atoms with van der Waals surface area (Å²) in [5.41, 5.74) is -13.2. The first kappa shape index (κ1) is 25.4. The van der Waals surface area contributed by atoms with Crippen LogP contribution in [-0.2, 0) is 24.4 Å². The number of nitrogens with one attached hydrogen (secondary N) is 1. The Bertz CT molecular complexity index is 880. The first-order valence-electron chi connectivity index (χ1n) is 9.84. The van der Waals surface area contributed by atoms with Crippen molar-refractivity contribution in [3.8, 4) is 0 Å². The Morgan fingerprint density at radius 3 is 1.66 bits per heavy atom. The summed E-state index contributed by atoms with van der Waals surface area (Å²) < 4.78 is 125. The highest BCUT2D eigenvalue weighted by molar-refractivity contribution is 8.13. The minimum absolute atomic E-state index is 0.410. The van der Waals surface area contributed by atoms with Crippen molar-refractivity contribution in [2.24, 2.45) is 17.8 Å². The number of halogens is 6. The topological polar surface area (TPSA) is 107 Å². The van der Waals surface area contributed by atoms with Crippen molar-refractivity contribution in [2.45, 2.75) is 74.5 Å². The summed E-state index contributed by atoms with van der Waals surface area (Å²) in [7, 11) is -13.7. The van der Waals surface area contributed by atoms with Crippen LogP contribution >= 0.6 is 0 Å². The van der Waals surface area contributed by atoms with Gasteiger partial charge in [-0.25, -0.2) is 4.79 Å². The van der Waals surface area contributed by atoms with Gasteiger partial charge in [-0.2, -0.15) is 26.3 Å². The third-order valence-corrected chi connectivity index (χ3v) is 10.4. The molecule has 4 aliphatic rings. The Morgan fingerprint density at radius 2 is 1.31 bits per heavy atom. The molecule has 0 aromatic carbocycles. The minimum Gasteiger partial charge on any atom is -0.449 e. The van der Waals surface area contributed by atoms with E-state index in [2.05, 4.69) is 5.32 Å². The third kappa shape index (κ3) is 4.68. The molecule has 0 aromatic rings. The normalized spacial score (nSPS) is 31.6. The molecule has 1 unspecified atom stereocenters. The molecule has 0 heterocycles. The fourth-order valence-electron chi connectivity index (χ4n) is 5.59. The molecular weight excluding hydrogens is 492 g/mol. The summed E-state index contributed by atoms with van der Waals surface area (Å²) in [6.07, 6.45) is 0.277. The summed E-state index contributed by atoms with van der Waals surface area (Å²) in [5.74, 6) is 1.23. The lowest BCUT2D eigenvalue weighted by molar-refractivity contribution is -0.0458. The zero-order valence-electron chi connectivity index (χ0n) is 16.8. The van der Waals surface area contributed by atoms with Crippen molar-refractivity contribution in [3.63, 3.8) is 0 Å². The van der Waals surface area contributed by atoms with Gasteiger partial charge in [0.15, 0.2) is 0 Å². The number of sulfone groups is 2. The quantitative estimate of drug-likeness (QED) is 0.427. The van der Waals surface area contributed by atoms with E-state index >= 15 is 0 Å². The summed E-state index contributed by atoms with van der Waals surface area (Å²) in [6, 6.07) is 0. The van der Waals surface area contributed by atoms with E-state index in [0.29, 0.717) is 37.0 Å². The number of amides is 1. The maximum Gasteiger partial charge on any atom is 0.469 e. The van der Waals surface area contributed by atoms with Gasteiger partial charge in [-0.15, -0.1) is 6.42 Å². The van der Waals surface area contributed by atoms with Gasteiger partial charge < -0.3 is 10.1 Å². The molecule has 4 saturated carbocycles. The van der Waals surface area contributed by atoms with Crippen molar-refractivity contribution < 1.29 is 52.7 Å². The van der Waals surface area contributed by atoms with Crippen LogP contribution in [0.5, 0.6) is 0 Å². The zero-order valence-corrected chi connectivity index (χ0v) is 18.4. The van der Waals surface area contributed by atoms with E-state index in [1.54, 1.807) is 0 Å². The Labute approximate surface area is 181 Å². The van der Waals surface area contributed by atoms with Gasteiger partial charge in [0, 0.05) is 5.54 Å². The highest BCUT2D eigenvalue weighted by Gasteiger charge is 2.54. The van der Waals surface area contributed by atoms with E-state index < -0.39 is 59.4 Å². The van der Waals surface area contributed by atoms with E-state index in [4.69, 9.17) is 4.74 Å². The Kier molecular flexibility index (Phi) is 6.27. The molecule has 32 heavy (non-hydrogen) atoms. The van der Waals surface area contributed by atoms with Crippen LogP contribution in [0, 0.1) is 22.3 Å². The Balaban J connectivity index is 1.73. The van der Waals surface area contributed by atoms with Crippen molar-refractivity contribution in [1.82, 2.24) is 5.32 Å². The van der Waals surface area contributed by atoms with E-state index in [9.17, 15) is 48.0 Å². The molecule has 0 aromatic heterocycles. The predicted molar refractivity (Wildman–Crippen MR) is 97.8 cm³/mol. The number of carbonyl (C=O) groups is 1. The summed E-state index contributed by atoms with van der Waals surface area (Å²) in [5, 5.41) is 2.65. The molecule has 4 fully saturated rings. The van der Waals surface area contributed by atoms with Gasteiger partial charge in [-0.1, -0.05) is 4.58 Å². The van der Waals surface area contributed by atoms with Crippen LogP contribution in [0.2, 0.25) is 0 Å². The lowest BCUT2D eigenvalue weighted by Crippen LogP contribution is -2.60. The van der Waals surface area contributed by atoms with Gasteiger partial charge in [-0.3, -0.25) is 16.8 Å². The van der Waals surface area contributed by atoms with E-state index in [0.717, 1.165) is 26.2 Å². The molecule has 0 spiro atoms. The number of alkyl carbamates (subject to hydrolysis) is 1. The molecule has 4 aliphatic carbocycles. The molecule has 0 saturated heterocycles. The lowest BCUT2D eigenvalue weighted by Gasteiger charge is -2.56. The molecule has 0 aliphatic heterocycles. The number of carbonyl (C=O) groups excluding carboxylic acids is 1. The van der Waals surface area contributed by atoms with Gasteiger partial charge in [0.25, 0.3) is 0 Å². The van der Waals surface area contributed by atoms with Crippen LogP contribution in [0.1, 0.15) is 51.9 Å². The molecule has 0 radical (unpaired) electrons. The summed E-state index contributed by atoms with van der Waals surface area (Å²) in [4.78, 5) is 12.3. The number of hydrogen-bond donors (Lipinski definition) is 1. The molecule has 4 bridgehead atoms. The van der Waals surface area contributed by atoms with Crippen molar-refractivity contribution in [3.05, 3.63) is 4.58 Å². The molecule has 1 amide bonds.